The average molecular weight is 265 g/mol. The molecule has 0 bridgehead atoms. The van der Waals surface area contributed by atoms with Crippen molar-refractivity contribution in [3.63, 3.8) is 0 Å². The molecule has 0 fully saturated rings. The van der Waals surface area contributed by atoms with Crippen molar-refractivity contribution >= 4 is 17.2 Å². The second kappa shape index (κ2) is 5.74. The number of imidazole rings is 1. The van der Waals surface area contributed by atoms with Crippen LogP contribution in [0.4, 0.5) is 0 Å². The molecule has 0 aromatic carbocycles. The summed E-state index contributed by atoms with van der Waals surface area (Å²) in [6.45, 7) is 2.37. The van der Waals surface area contributed by atoms with Crippen molar-refractivity contribution in [2.24, 2.45) is 5.73 Å². The van der Waals surface area contributed by atoms with E-state index in [4.69, 9.17) is 5.73 Å². The minimum atomic E-state index is -0.176. The highest BCUT2D eigenvalue weighted by atomic mass is 32.1. The number of hydrogen-bond donors (Lipinski definition) is 3. The van der Waals surface area contributed by atoms with Crippen molar-refractivity contribution in [2.45, 2.75) is 19.4 Å². The number of nitrogens with two attached hydrogens (primary N) is 1. The van der Waals surface area contributed by atoms with E-state index in [0.29, 0.717) is 18.7 Å². The van der Waals surface area contributed by atoms with Crippen LogP contribution in [0.15, 0.2) is 17.8 Å². The standard InChI is InChI=1S/C11H15N5OS/c1-7(12)11-16-8(6-18-11)10(17)15-3-2-9-13-4-5-14-9/h4-7H,2-3,12H2,1H3,(H,13,14)(H,15,17). The number of nitrogens with one attached hydrogen (secondary N) is 2. The summed E-state index contributed by atoms with van der Waals surface area (Å²) in [4.78, 5) is 23.0. The summed E-state index contributed by atoms with van der Waals surface area (Å²) in [5.74, 6) is 0.676. The van der Waals surface area contributed by atoms with Gasteiger partial charge in [0.05, 0.1) is 6.04 Å². The quantitative estimate of drug-likeness (QED) is 0.747. The highest BCUT2D eigenvalue weighted by Crippen LogP contribution is 2.15. The molecule has 0 spiro atoms. The number of rotatable bonds is 5. The lowest BCUT2D eigenvalue weighted by atomic mass is 10.3. The predicted octanol–water partition coefficient (Wildman–Crippen LogP) is 0.858. The van der Waals surface area contributed by atoms with Gasteiger partial charge in [-0.15, -0.1) is 11.3 Å². The van der Waals surface area contributed by atoms with Crippen molar-refractivity contribution in [3.8, 4) is 0 Å². The first-order valence-electron chi connectivity index (χ1n) is 5.64. The number of H-pyrrole nitrogens is 1. The Bertz CT molecular complexity index is 505. The number of thiazole rings is 1. The first kappa shape index (κ1) is 12.7. The zero-order valence-corrected chi connectivity index (χ0v) is 10.8. The summed E-state index contributed by atoms with van der Waals surface area (Å²) < 4.78 is 0. The molecular formula is C11H15N5OS. The van der Waals surface area contributed by atoms with E-state index in [-0.39, 0.29) is 11.9 Å². The van der Waals surface area contributed by atoms with Crippen molar-refractivity contribution in [2.75, 3.05) is 6.54 Å². The third-order valence-corrected chi connectivity index (χ3v) is 3.39. The van der Waals surface area contributed by atoms with E-state index >= 15 is 0 Å². The summed E-state index contributed by atoms with van der Waals surface area (Å²) in [6, 6.07) is -0.139. The second-order valence-corrected chi connectivity index (χ2v) is 4.79. The zero-order valence-electron chi connectivity index (χ0n) is 10.0. The van der Waals surface area contributed by atoms with E-state index in [1.54, 1.807) is 17.8 Å². The number of carbonyl (C=O) groups is 1. The number of amides is 1. The van der Waals surface area contributed by atoms with Crippen LogP contribution in [0, 0.1) is 0 Å². The fourth-order valence-corrected chi connectivity index (χ4v) is 2.18. The van der Waals surface area contributed by atoms with Gasteiger partial charge in [-0.25, -0.2) is 9.97 Å². The lowest BCUT2D eigenvalue weighted by molar-refractivity contribution is 0.0949. The zero-order chi connectivity index (χ0) is 13.0. The van der Waals surface area contributed by atoms with E-state index in [1.165, 1.54) is 11.3 Å². The Balaban J connectivity index is 1.83. The van der Waals surface area contributed by atoms with Crippen LogP contribution >= 0.6 is 11.3 Å². The molecule has 96 valence electrons. The van der Waals surface area contributed by atoms with Gasteiger partial charge in [0.2, 0.25) is 0 Å². The summed E-state index contributed by atoms with van der Waals surface area (Å²) in [5, 5.41) is 5.29. The SMILES string of the molecule is CC(N)c1nc(C(=O)NCCc2ncc[nH]2)cs1. The third kappa shape index (κ3) is 3.14. The smallest absolute Gasteiger partial charge is 0.270 e. The number of hydrogen-bond acceptors (Lipinski definition) is 5. The summed E-state index contributed by atoms with van der Waals surface area (Å²) >= 11 is 1.40. The van der Waals surface area contributed by atoms with E-state index in [9.17, 15) is 4.79 Å². The highest BCUT2D eigenvalue weighted by Gasteiger charge is 2.12. The van der Waals surface area contributed by atoms with E-state index < -0.39 is 0 Å². The number of carbonyl (C=O) groups excluding carboxylic acids is 1. The van der Waals surface area contributed by atoms with Crippen LogP contribution in [0.3, 0.4) is 0 Å². The first-order valence-corrected chi connectivity index (χ1v) is 6.52. The number of aromatic nitrogens is 3. The minimum absolute atomic E-state index is 0.139. The van der Waals surface area contributed by atoms with Gasteiger partial charge in [-0.05, 0) is 6.92 Å². The number of aromatic amines is 1. The normalized spacial score (nSPS) is 12.3. The molecule has 0 saturated carbocycles. The monoisotopic (exact) mass is 265 g/mol. The Labute approximate surface area is 109 Å². The molecule has 7 heteroatoms. The Hall–Kier alpha value is -1.73. The highest BCUT2D eigenvalue weighted by molar-refractivity contribution is 7.09. The Morgan fingerprint density at radius 2 is 2.50 bits per heavy atom. The van der Waals surface area contributed by atoms with Crippen LogP contribution < -0.4 is 11.1 Å². The molecule has 2 heterocycles. The molecule has 2 aromatic heterocycles. The maximum absolute atomic E-state index is 11.8. The van der Waals surface area contributed by atoms with E-state index in [1.807, 2.05) is 6.92 Å². The van der Waals surface area contributed by atoms with Gasteiger partial charge in [0.15, 0.2) is 0 Å². The van der Waals surface area contributed by atoms with Gasteiger partial charge in [-0.2, -0.15) is 0 Å². The summed E-state index contributed by atoms with van der Waals surface area (Å²) in [5.41, 5.74) is 6.12. The Kier molecular flexibility index (Phi) is 4.06. The van der Waals surface area contributed by atoms with Crippen molar-refractivity contribution < 1.29 is 4.79 Å². The van der Waals surface area contributed by atoms with Crippen molar-refractivity contribution in [3.05, 3.63) is 34.3 Å². The third-order valence-electron chi connectivity index (χ3n) is 2.35. The van der Waals surface area contributed by atoms with E-state index in [0.717, 1.165) is 10.8 Å². The van der Waals surface area contributed by atoms with Gasteiger partial charge >= 0.3 is 0 Å². The maximum Gasteiger partial charge on any atom is 0.270 e. The molecule has 0 aliphatic carbocycles. The van der Waals surface area contributed by atoms with Gasteiger partial charge in [0, 0.05) is 30.7 Å². The predicted molar refractivity (Wildman–Crippen MR) is 69.3 cm³/mol. The molecule has 2 aromatic rings. The molecule has 18 heavy (non-hydrogen) atoms. The molecule has 2 rings (SSSR count). The fourth-order valence-electron chi connectivity index (χ4n) is 1.42. The fraction of sp³-hybridized carbons (Fsp3) is 0.364. The molecule has 6 nitrogen and oxygen atoms in total. The van der Waals surface area contributed by atoms with Crippen LogP contribution in [0.1, 0.15) is 34.3 Å². The van der Waals surface area contributed by atoms with Crippen LogP contribution in [0.2, 0.25) is 0 Å². The van der Waals surface area contributed by atoms with Crippen LogP contribution in [0.5, 0.6) is 0 Å². The van der Waals surface area contributed by atoms with Gasteiger partial charge < -0.3 is 16.0 Å². The Morgan fingerprint density at radius 1 is 1.67 bits per heavy atom. The molecule has 1 amide bonds. The summed E-state index contributed by atoms with van der Waals surface area (Å²) in [6.07, 6.45) is 4.11. The number of nitrogens with zero attached hydrogens (tertiary/aromatic N) is 2. The second-order valence-electron chi connectivity index (χ2n) is 3.90. The lowest BCUT2D eigenvalue weighted by Gasteiger charge is -2.01. The lowest BCUT2D eigenvalue weighted by Crippen LogP contribution is -2.26. The molecule has 4 N–H and O–H groups in total. The van der Waals surface area contributed by atoms with Gasteiger partial charge in [0.25, 0.3) is 5.91 Å². The molecule has 1 unspecified atom stereocenters. The molecule has 0 radical (unpaired) electrons. The topological polar surface area (TPSA) is 96.7 Å². The van der Waals surface area contributed by atoms with Crippen LogP contribution in [-0.2, 0) is 6.42 Å². The van der Waals surface area contributed by atoms with Gasteiger partial charge in [-0.3, -0.25) is 4.79 Å². The maximum atomic E-state index is 11.8. The molecule has 1 atom stereocenters. The van der Waals surface area contributed by atoms with Crippen LogP contribution in [0.25, 0.3) is 0 Å². The Morgan fingerprint density at radius 3 is 3.11 bits per heavy atom. The molecule has 0 aliphatic heterocycles. The first-order chi connectivity index (χ1) is 8.66. The van der Waals surface area contributed by atoms with E-state index in [2.05, 4.69) is 20.3 Å². The minimum Gasteiger partial charge on any atom is -0.350 e. The average Bonchev–Trinajstić information content (AvgIpc) is 2.99. The van der Waals surface area contributed by atoms with Crippen LogP contribution in [-0.4, -0.2) is 27.4 Å². The summed E-state index contributed by atoms with van der Waals surface area (Å²) in [7, 11) is 0. The molecule has 0 aliphatic rings. The van der Waals surface area contributed by atoms with Gasteiger partial charge in [0.1, 0.15) is 16.5 Å². The van der Waals surface area contributed by atoms with Crippen molar-refractivity contribution in [1.29, 1.82) is 0 Å². The molecular weight excluding hydrogens is 250 g/mol. The van der Waals surface area contributed by atoms with Gasteiger partial charge in [-0.1, -0.05) is 0 Å². The molecule has 0 saturated heterocycles. The van der Waals surface area contributed by atoms with Crippen molar-refractivity contribution in [1.82, 2.24) is 20.3 Å². The largest absolute Gasteiger partial charge is 0.350 e.